The Morgan fingerprint density at radius 3 is 2.55 bits per heavy atom. The van der Waals surface area contributed by atoms with Gasteiger partial charge in [0.1, 0.15) is 10.8 Å². The van der Waals surface area contributed by atoms with Gasteiger partial charge in [0.25, 0.3) is 11.5 Å². The highest BCUT2D eigenvalue weighted by molar-refractivity contribution is 7.13. The van der Waals surface area contributed by atoms with Crippen LogP contribution < -0.4 is 15.6 Å². The third-order valence-corrected chi connectivity index (χ3v) is 7.71. The van der Waals surface area contributed by atoms with Gasteiger partial charge in [0, 0.05) is 42.1 Å². The fourth-order valence-corrected chi connectivity index (χ4v) is 5.68. The number of aromatic nitrogens is 2. The second kappa shape index (κ2) is 12.2. The fraction of sp³-hybridized carbons (Fsp3) is 0.258. The summed E-state index contributed by atoms with van der Waals surface area (Å²) < 4.78 is 7.54. The van der Waals surface area contributed by atoms with E-state index < -0.39 is 0 Å². The number of nitrogens with zero attached hydrogens (tertiary/aromatic N) is 3. The minimum absolute atomic E-state index is 0.118. The normalized spacial score (nSPS) is 13.2. The molecule has 1 saturated heterocycles. The Morgan fingerprint density at radius 2 is 1.85 bits per heavy atom. The number of allylic oxidation sites excluding steroid dienone is 1. The lowest BCUT2D eigenvalue weighted by Gasteiger charge is -2.29. The van der Waals surface area contributed by atoms with Gasteiger partial charge in [-0.05, 0) is 57.2 Å². The summed E-state index contributed by atoms with van der Waals surface area (Å²) in [6.45, 7) is 8.88. The molecule has 0 aliphatic carbocycles. The summed E-state index contributed by atoms with van der Waals surface area (Å²) in [7, 11) is 0. The first-order chi connectivity index (χ1) is 19.4. The Bertz CT molecular complexity index is 1610. The van der Waals surface area contributed by atoms with Crippen LogP contribution in [0.2, 0.25) is 5.02 Å². The van der Waals surface area contributed by atoms with Gasteiger partial charge in [-0.25, -0.2) is 4.98 Å². The molecule has 3 heterocycles. The van der Waals surface area contributed by atoms with Crippen LogP contribution in [0, 0.1) is 0 Å². The van der Waals surface area contributed by atoms with Gasteiger partial charge in [-0.3, -0.25) is 14.2 Å². The number of hydrogen-bond acceptors (Lipinski definition) is 6. The van der Waals surface area contributed by atoms with Crippen LogP contribution in [0.1, 0.15) is 36.8 Å². The molecular formula is C31H31ClN4O3S. The van der Waals surface area contributed by atoms with Crippen LogP contribution in [-0.4, -0.2) is 53.1 Å². The number of amides is 1. The third kappa shape index (κ3) is 5.75. The molecule has 0 atom stereocenters. The first-order valence-corrected chi connectivity index (χ1v) is 14.5. The van der Waals surface area contributed by atoms with E-state index in [2.05, 4.69) is 5.32 Å². The lowest BCUT2D eigenvalue weighted by atomic mass is 10.0. The number of ether oxygens (including phenoxy) is 1. The van der Waals surface area contributed by atoms with Crippen molar-refractivity contribution in [2.45, 2.75) is 20.8 Å². The molecule has 2 aromatic carbocycles. The van der Waals surface area contributed by atoms with Crippen LogP contribution in [-0.2, 0) is 0 Å². The molecule has 2 aromatic heterocycles. The molecule has 0 radical (unpaired) electrons. The van der Waals surface area contributed by atoms with Crippen molar-refractivity contribution in [1.29, 1.82) is 0 Å². The lowest BCUT2D eigenvalue weighted by molar-refractivity contribution is 0.0735. The summed E-state index contributed by atoms with van der Waals surface area (Å²) in [6.07, 6.45) is 1.89. The molecule has 1 fully saturated rings. The number of carbonyl (C=O) groups excluding carboxylic acids is 1. The van der Waals surface area contributed by atoms with E-state index in [-0.39, 0.29) is 11.5 Å². The molecule has 40 heavy (non-hydrogen) atoms. The molecule has 1 N–H and O–H groups in total. The highest BCUT2D eigenvalue weighted by Crippen LogP contribution is 2.32. The maximum Gasteiger partial charge on any atom is 0.266 e. The summed E-state index contributed by atoms with van der Waals surface area (Å²) in [6, 6.07) is 16.6. The highest BCUT2D eigenvalue weighted by atomic mass is 35.5. The number of rotatable bonds is 7. The van der Waals surface area contributed by atoms with E-state index in [1.165, 1.54) is 11.3 Å². The second-order valence-corrected chi connectivity index (χ2v) is 11.0. The van der Waals surface area contributed by atoms with Crippen molar-refractivity contribution >= 4 is 34.9 Å². The molecule has 4 aromatic rings. The van der Waals surface area contributed by atoms with E-state index in [9.17, 15) is 9.59 Å². The number of thiazole rings is 1. The standard InChI is InChI=1S/C31H31ClN4O3S/c1-4-39-28-8-6-5-7-26(28)36-27(17-20(2)3)23(30(37)35-15-13-33-14-16-35)18-24(31(36)38)29-34-25(19-40-29)21-9-11-22(32)12-10-21/h5-12,17-19,33H,4,13-16H2,1-3H3. The van der Waals surface area contributed by atoms with Gasteiger partial charge in [-0.15, -0.1) is 11.3 Å². The number of benzene rings is 2. The first-order valence-electron chi connectivity index (χ1n) is 13.3. The van der Waals surface area contributed by atoms with Gasteiger partial charge in [0.15, 0.2) is 0 Å². The van der Waals surface area contributed by atoms with E-state index >= 15 is 0 Å². The summed E-state index contributed by atoms with van der Waals surface area (Å²) in [5.41, 5.74) is 4.24. The molecule has 0 unspecified atom stereocenters. The average Bonchev–Trinajstić information content (AvgIpc) is 3.44. The van der Waals surface area contributed by atoms with Crippen molar-refractivity contribution in [3.8, 4) is 33.3 Å². The molecule has 206 valence electrons. The van der Waals surface area contributed by atoms with E-state index in [4.69, 9.17) is 21.3 Å². The fourth-order valence-electron chi connectivity index (χ4n) is 4.72. The SMILES string of the molecule is CCOc1ccccc1-n1c(C=C(C)C)c(C(=O)N2CCNCC2)cc(-c2nc(-c3ccc(Cl)cc3)cs2)c1=O. The van der Waals surface area contributed by atoms with E-state index in [0.717, 1.165) is 29.9 Å². The van der Waals surface area contributed by atoms with Crippen LogP contribution in [0.25, 0.3) is 33.6 Å². The molecule has 0 saturated carbocycles. The summed E-state index contributed by atoms with van der Waals surface area (Å²) in [4.78, 5) is 35.1. The largest absolute Gasteiger partial charge is 0.492 e. The number of halogens is 1. The molecule has 7 nitrogen and oxygen atoms in total. The molecule has 0 bridgehead atoms. The van der Waals surface area contributed by atoms with Crippen LogP contribution in [0.15, 0.2) is 70.3 Å². The van der Waals surface area contributed by atoms with Crippen molar-refractivity contribution < 1.29 is 9.53 Å². The topological polar surface area (TPSA) is 76.5 Å². The molecule has 5 rings (SSSR count). The van der Waals surface area contributed by atoms with E-state index in [0.29, 0.717) is 58.0 Å². The Balaban J connectivity index is 1.77. The van der Waals surface area contributed by atoms with Crippen LogP contribution in [0.5, 0.6) is 5.75 Å². The number of hydrogen-bond donors (Lipinski definition) is 1. The zero-order chi connectivity index (χ0) is 28.2. The summed E-state index contributed by atoms with van der Waals surface area (Å²) in [5, 5.41) is 6.39. The summed E-state index contributed by atoms with van der Waals surface area (Å²) >= 11 is 7.45. The van der Waals surface area contributed by atoms with E-state index in [1.54, 1.807) is 10.6 Å². The second-order valence-electron chi connectivity index (χ2n) is 9.71. The predicted octanol–water partition coefficient (Wildman–Crippen LogP) is 6.15. The molecule has 1 amide bonds. The smallest absolute Gasteiger partial charge is 0.266 e. The number of para-hydroxylation sites is 2. The van der Waals surface area contributed by atoms with Crippen molar-refractivity contribution in [3.63, 3.8) is 0 Å². The van der Waals surface area contributed by atoms with E-state index in [1.807, 2.05) is 85.7 Å². The zero-order valence-electron chi connectivity index (χ0n) is 22.7. The van der Waals surface area contributed by atoms with Gasteiger partial charge in [-0.1, -0.05) is 41.4 Å². The minimum atomic E-state index is -0.270. The van der Waals surface area contributed by atoms with Crippen LogP contribution in [0.4, 0.5) is 0 Å². The van der Waals surface area contributed by atoms with Crippen molar-refractivity contribution in [2.24, 2.45) is 0 Å². The monoisotopic (exact) mass is 574 g/mol. The Labute approximate surface area is 242 Å². The van der Waals surface area contributed by atoms with Gasteiger partial charge in [0.2, 0.25) is 0 Å². The maximum atomic E-state index is 14.4. The highest BCUT2D eigenvalue weighted by Gasteiger charge is 2.27. The van der Waals surface area contributed by atoms with Gasteiger partial charge in [0.05, 0.1) is 34.8 Å². The van der Waals surface area contributed by atoms with Crippen molar-refractivity contribution in [2.75, 3.05) is 32.8 Å². The molecule has 1 aliphatic rings. The summed E-state index contributed by atoms with van der Waals surface area (Å²) in [5.74, 6) is 0.446. The van der Waals surface area contributed by atoms with Crippen molar-refractivity contribution in [1.82, 2.24) is 19.8 Å². The number of pyridine rings is 1. The van der Waals surface area contributed by atoms with Gasteiger partial charge >= 0.3 is 0 Å². The molecule has 0 spiro atoms. The van der Waals surface area contributed by atoms with Gasteiger partial charge < -0.3 is 15.0 Å². The molecular weight excluding hydrogens is 544 g/mol. The van der Waals surface area contributed by atoms with Crippen LogP contribution in [0.3, 0.4) is 0 Å². The molecule has 9 heteroatoms. The predicted molar refractivity (Wildman–Crippen MR) is 163 cm³/mol. The lowest BCUT2D eigenvalue weighted by Crippen LogP contribution is -2.47. The van der Waals surface area contributed by atoms with Crippen LogP contribution >= 0.6 is 22.9 Å². The average molecular weight is 575 g/mol. The first kappa shape index (κ1) is 27.8. The Kier molecular flexibility index (Phi) is 8.49. The minimum Gasteiger partial charge on any atom is -0.492 e. The third-order valence-electron chi connectivity index (χ3n) is 6.58. The number of piperazine rings is 1. The Hall–Kier alpha value is -3.72. The Morgan fingerprint density at radius 1 is 1.12 bits per heavy atom. The molecule has 1 aliphatic heterocycles. The quantitative estimate of drug-likeness (QED) is 0.286. The number of nitrogens with one attached hydrogen (secondary N) is 1. The maximum absolute atomic E-state index is 14.4. The zero-order valence-corrected chi connectivity index (χ0v) is 24.3. The number of carbonyl (C=O) groups is 1. The van der Waals surface area contributed by atoms with Crippen molar-refractivity contribution in [3.05, 3.63) is 92.2 Å². The van der Waals surface area contributed by atoms with Gasteiger partial charge in [-0.2, -0.15) is 0 Å².